The summed E-state index contributed by atoms with van der Waals surface area (Å²) < 4.78 is 30.1. The normalized spacial score (nSPS) is 17.6. The molecule has 1 N–H and O–H groups in total. The Morgan fingerprint density at radius 3 is 2.38 bits per heavy atom. The standard InChI is InChI=1S/C13H23NO6S/c1-20-13(17)3-2-10-21(18,19)14-8-6-11(7-9-14)4-5-12(15)16/h11H,2-10H2,1H3,(H,15,16). The zero-order valence-electron chi connectivity index (χ0n) is 12.3. The number of methoxy groups -OCH3 is 1. The first-order valence-corrected chi connectivity index (χ1v) is 8.72. The molecule has 0 aromatic carbocycles. The highest BCUT2D eigenvalue weighted by molar-refractivity contribution is 7.89. The predicted molar refractivity (Wildman–Crippen MR) is 76.2 cm³/mol. The maximum Gasteiger partial charge on any atom is 0.305 e. The van der Waals surface area contributed by atoms with Crippen molar-refractivity contribution in [3.05, 3.63) is 0 Å². The first-order valence-electron chi connectivity index (χ1n) is 7.11. The molecule has 0 aromatic heterocycles. The number of carboxylic acid groups (broad SMARTS) is 1. The predicted octanol–water partition coefficient (Wildman–Crippen LogP) is 0.846. The van der Waals surface area contributed by atoms with Crippen LogP contribution in [0, 0.1) is 5.92 Å². The van der Waals surface area contributed by atoms with Crippen molar-refractivity contribution in [3.8, 4) is 0 Å². The molecular weight excluding hydrogens is 298 g/mol. The summed E-state index contributed by atoms with van der Waals surface area (Å²) in [4.78, 5) is 21.5. The number of carbonyl (C=O) groups is 2. The van der Waals surface area contributed by atoms with E-state index in [1.165, 1.54) is 11.4 Å². The van der Waals surface area contributed by atoms with Gasteiger partial charge in [0.2, 0.25) is 10.0 Å². The van der Waals surface area contributed by atoms with Crippen LogP contribution in [0.3, 0.4) is 0 Å². The van der Waals surface area contributed by atoms with Crippen molar-refractivity contribution in [1.82, 2.24) is 4.31 Å². The Balaban J connectivity index is 2.34. The molecule has 7 nitrogen and oxygen atoms in total. The molecule has 1 aliphatic rings. The van der Waals surface area contributed by atoms with E-state index in [2.05, 4.69) is 4.74 Å². The van der Waals surface area contributed by atoms with Gasteiger partial charge in [-0.1, -0.05) is 0 Å². The van der Waals surface area contributed by atoms with Crippen LogP contribution in [0.15, 0.2) is 0 Å². The number of ether oxygens (including phenoxy) is 1. The number of carboxylic acids is 1. The molecule has 122 valence electrons. The molecule has 0 radical (unpaired) electrons. The smallest absolute Gasteiger partial charge is 0.305 e. The molecule has 1 rings (SSSR count). The van der Waals surface area contributed by atoms with Gasteiger partial charge in [-0.15, -0.1) is 0 Å². The molecule has 1 heterocycles. The Hall–Kier alpha value is -1.15. The number of hydrogen-bond acceptors (Lipinski definition) is 5. The molecule has 0 amide bonds. The molecule has 0 atom stereocenters. The van der Waals surface area contributed by atoms with Crippen molar-refractivity contribution in [2.75, 3.05) is 26.0 Å². The van der Waals surface area contributed by atoms with Gasteiger partial charge < -0.3 is 9.84 Å². The second-order valence-corrected chi connectivity index (χ2v) is 7.36. The Morgan fingerprint density at radius 1 is 1.24 bits per heavy atom. The fourth-order valence-corrected chi connectivity index (χ4v) is 3.97. The van der Waals surface area contributed by atoms with Crippen molar-refractivity contribution in [1.29, 1.82) is 0 Å². The maximum atomic E-state index is 12.1. The van der Waals surface area contributed by atoms with E-state index in [-0.39, 0.29) is 30.9 Å². The zero-order valence-corrected chi connectivity index (χ0v) is 13.1. The summed E-state index contributed by atoms with van der Waals surface area (Å²) in [6.07, 6.45) is 2.49. The zero-order chi connectivity index (χ0) is 15.9. The highest BCUT2D eigenvalue weighted by Gasteiger charge is 2.27. The second kappa shape index (κ2) is 8.33. The number of rotatable bonds is 8. The Kier molecular flexibility index (Phi) is 7.10. The lowest BCUT2D eigenvalue weighted by molar-refractivity contribution is -0.140. The van der Waals surface area contributed by atoms with Gasteiger partial charge in [-0.2, -0.15) is 0 Å². The van der Waals surface area contributed by atoms with Crippen molar-refractivity contribution < 1.29 is 27.9 Å². The summed E-state index contributed by atoms with van der Waals surface area (Å²) in [6, 6.07) is 0. The largest absolute Gasteiger partial charge is 0.481 e. The van der Waals surface area contributed by atoms with E-state index >= 15 is 0 Å². The number of nitrogens with zero attached hydrogens (tertiary/aromatic N) is 1. The number of sulfonamides is 1. The van der Waals surface area contributed by atoms with Gasteiger partial charge in [-0.3, -0.25) is 9.59 Å². The van der Waals surface area contributed by atoms with E-state index in [1.54, 1.807) is 0 Å². The molecule has 21 heavy (non-hydrogen) atoms. The fourth-order valence-electron chi connectivity index (χ4n) is 2.43. The highest BCUT2D eigenvalue weighted by Crippen LogP contribution is 2.24. The average molecular weight is 321 g/mol. The molecule has 0 unspecified atom stereocenters. The third kappa shape index (κ3) is 6.43. The fraction of sp³-hybridized carbons (Fsp3) is 0.846. The highest BCUT2D eigenvalue weighted by atomic mass is 32.2. The van der Waals surface area contributed by atoms with Gasteiger partial charge in [-0.25, -0.2) is 12.7 Å². The molecule has 0 bridgehead atoms. The molecule has 0 spiro atoms. The van der Waals surface area contributed by atoms with Gasteiger partial charge in [0.15, 0.2) is 0 Å². The number of carbonyl (C=O) groups excluding carboxylic acids is 1. The third-order valence-corrected chi connectivity index (χ3v) is 5.70. The topological polar surface area (TPSA) is 101 Å². The van der Waals surface area contributed by atoms with Crippen molar-refractivity contribution >= 4 is 22.0 Å². The van der Waals surface area contributed by atoms with Crippen LogP contribution in [0.25, 0.3) is 0 Å². The number of esters is 1. The third-order valence-electron chi connectivity index (χ3n) is 3.74. The summed E-state index contributed by atoms with van der Waals surface area (Å²) in [5, 5.41) is 8.64. The molecular formula is C13H23NO6S. The first-order chi connectivity index (χ1) is 9.85. The van der Waals surface area contributed by atoms with Crippen molar-refractivity contribution in [2.45, 2.75) is 38.5 Å². The summed E-state index contributed by atoms with van der Waals surface area (Å²) in [7, 11) is -2.06. The Labute approximate surface area is 125 Å². The lowest BCUT2D eigenvalue weighted by Crippen LogP contribution is -2.39. The number of hydrogen-bond donors (Lipinski definition) is 1. The van der Waals surface area contributed by atoms with Crippen LogP contribution in [0.4, 0.5) is 0 Å². The van der Waals surface area contributed by atoms with Gasteiger partial charge in [0, 0.05) is 25.9 Å². The minimum absolute atomic E-state index is 0.0537. The molecule has 1 fully saturated rings. The average Bonchev–Trinajstić information content (AvgIpc) is 2.45. The molecule has 1 saturated heterocycles. The summed E-state index contributed by atoms with van der Waals surface area (Å²) in [5.41, 5.74) is 0. The molecule has 0 aromatic rings. The quantitative estimate of drug-likeness (QED) is 0.665. The molecule has 1 aliphatic heterocycles. The van der Waals surface area contributed by atoms with Gasteiger partial charge in [-0.05, 0) is 31.6 Å². The Bertz CT molecular complexity index is 453. The molecule has 0 aliphatic carbocycles. The van der Waals surface area contributed by atoms with Crippen molar-refractivity contribution in [2.24, 2.45) is 5.92 Å². The van der Waals surface area contributed by atoms with E-state index in [0.29, 0.717) is 32.4 Å². The summed E-state index contributed by atoms with van der Waals surface area (Å²) >= 11 is 0. The van der Waals surface area contributed by atoms with Crippen LogP contribution >= 0.6 is 0 Å². The first kappa shape index (κ1) is 17.9. The number of aliphatic carboxylic acids is 1. The molecule has 0 saturated carbocycles. The van der Waals surface area contributed by atoms with E-state index < -0.39 is 22.0 Å². The van der Waals surface area contributed by atoms with Crippen molar-refractivity contribution in [3.63, 3.8) is 0 Å². The van der Waals surface area contributed by atoms with Gasteiger partial charge in [0.1, 0.15) is 0 Å². The maximum absolute atomic E-state index is 12.1. The van der Waals surface area contributed by atoms with Crippen LogP contribution in [-0.2, 0) is 24.3 Å². The van der Waals surface area contributed by atoms with E-state index in [9.17, 15) is 18.0 Å². The van der Waals surface area contributed by atoms with Crippen LogP contribution in [0.1, 0.15) is 38.5 Å². The lowest BCUT2D eigenvalue weighted by atomic mass is 9.93. The van der Waals surface area contributed by atoms with Gasteiger partial charge >= 0.3 is 11.9 Å². The van der Waals surface area contributed by atoms with Crippen LogP contribution in [0.5, 0.6) is 0 Å². The second-order valence-electron chi connectivity index (χ2n) is 5.27. The van der Waals surface area contributed by atoms with E-state index in [4.69, 9.17) is 5.11 Å². The minimum atomic E-state index is -3.33. The minimum Gasteiger partial charge on any atom is -0.481 e. The summed E-state index contributed by atoms with van der Waals surface area (Å²) in [5.74, 6) is -0.991. The molecule has 8 heteroatoms. The SMILES string of the molecule is COC(=O)CCCS(=O)(=O)N1CCC(CCC(=O)O)CC1. The van der Waals surface area contributed by atoms with Crippen LogP contribution in [0.2, 0.25) is 0 Å². The van der Waals surface area contributed by atoms with E-state index in [0.717, 1.165) is 0 Å². The number of piperidine rings is 1. The van der Waals surface area contributed by atoms with Gasteiger partial charge in [0.05, 0.1) is 12.9 Å². The summed E-state index contributed by atoms with van der Waals surface area (Å²) in [6.45, 7) is 0.871. The lowest BCUT2D eigenvalue weighted by Gasteiger charge is -2.31. The van der Waals surface area contributed by atoms with Gasteiger partial charge in [0.25, 0.3) is 0 Å². The van der Waals surface area contributed by atoms with E-state index in [1.807, 2.05) is 0 Å². The Morgan fingerprint density at radius 2 is 1.86 bits per heavy atom. The van der Waals surface area contributed by atoms with Crippen LogP contribution in [-0.4, -0.2) is 55.7 Å². The van der Waals surface area contributed by atoms with Crippen LogP contribution < -0.4 is 0 Å². The monoisotopic (exact) mass is 321 g/mol.